The van der Waals surface area contributed by atoms with Crippen LogP contribution in [-0.4, -0.2) is 60.3 Å². The van der Waals surface area contributed by atoms with Crippen LogP contribution >= 0.6 is 0 Å². The van der Waals surface area contributed by atoms with Gasteiger partial charge in [0.25, 0.3) is 0 Å². The van der Waals surface area contributed by atoms with Gasteiger partial charge in [0.1, 0.15) is 0 Å². The van der Waals surface area contributed by atoms with E-state index < -0.39 is 0 Å². The van der Waals surface area contributed by atoms with Gasteiger partial charge in [-0.2, -0.15) is 0 Å². The van der Waals surface area contributed by atoms with Gasteiger partial charge in [0.05, 0.1) is 6.10 Å². The number of rotatable bonds is 3. The Morgan fingerprint density at radius 3 is 2.33 bits per heavy atom. The van der Waals surface area contributed by atoms with Crippen molar-refractivity contribution >= 4 is 0 Å². The maximum absolute atomic E-state index is 9.43. The van der Waals surface area contributed by atoms with Crippen molar-refractivity contribution in [2.45, 2.75) is 32.3 Å². The second kappa shape index (κ2) is 5.28. The molecule has 0 amide bonds. The molecule has 0 spiro atoms. The summed E-state index contributed by atoms with van der Waals surface area (Å²) in [6.07, 6.45) is 3.29. The number of aliphatic hydroxyl groups is 1. The molecule has 2 aliphatic rings. The normalized spacial score (nSPS) is 31.2. The van der Waals surface area contributed by atoms with E-state index in [0.29, 0.717) is 0 Å². The second-order valence-electron chi connectivity index (χ2n) is 5.08. The van der Waals surface area contributed by atoms with Gasteiger partial charge in [-0.25, -0.2) is 0 Å². The van der Waals surface area contributed by atoms with Gasteiger partial charge < -0.3 is 14.9 Å². The van der Waals surface area contributed by atoms with Crippen LogP contribution in [0.1, 0.15) is 26.2 Å². The van der Waals surface area contributed by atoms with Gasteiger partial charge in [-0.1, -0.05) is 6.92 Å². The Labute approximate surface area is 93.1 Å². The molecule has 0 radical (unpaired) electrons. The lowest BCUT2D eigenvalue weighted by molar-refractivity contribution is 0.0752. The van der Waals surface area contributed by atoms with E-state index in [1.807, 2.05) is 0 Å². The molecule has 15 heavy (non-hydrogen) atoms. The zero-order chi connectivity index (χ0) is 10.7. The number of hydrogen-bond acceptors (Lipinski definition) is 3. The average molecular weight is 212 g/mol. The summed E-state index contributed by atoms with van der Waals surface area (Å²) in [4.78, 5) is 5.08. The summed E-state index contributed by atoms with van der Waals surface area (Å²) in [6.45, 7) is 9.48. The van der Waals surface area contributed by atoms with E-state index in [4.69, 9.17) is 0 Å². The SMILES string of the molecule is CCN1CCC(CN2CCC(O)CC2)C1. The molecule has 2 aliphatic heterocycles. The first-order valence-corrected chi connectivity index (χ1v) is 6.40. The topological polar surface area (TPSA) is 26.7 Å². The van der Waals surface area contributed by atoms with Crippen molar-refractivity contribution in [1.29, 1.82) is 0 Å². The Bertz CT molecular complexity index is 190. The van der Waals surface area contributed by atoms with Crippen LogP contribution in [0.5, 0.6) is 0 Å². The zero-order valence-corrected chi connectivity index (χ0v) is 9.86. The average Bonchev–Trinajstić information content (AvgIpc) is 2.69. The van der Waals surface area contributed by atoms with Crippen molar-refractivity contribution < 1.29 is 5.11 Å². The smallest absolute Gasteiger partial charge is 0.0564 e. The van der Waals surface area contributed by atoms with Crippen LogP contribution in [0.25, 0.3) is 0 Å². The van der Waals surface area contributed by atoms with Crippen molar-refractivity contribution in [3.63, 3.8) is 0 Å². The van der Waals surface area contributed by atoms with Crippen molar-refractivity contribution in [2.24, 2.45) is 5.92 Å². The summed E-state index contributed by atoms with van der Waals surface area (Å²) in [5, 5.41) is 9.43. The Balaban J connectivity index is 1.69. The fraction of sp³-hybridized carbons (Fsp3) is 1.00. The van der Waals surface area contributed by atoms with Crippen LogP contribution in [0.15, 0.2) is 0 Å². The van der Waals surface area contributed by atoms with E-state index in [2.05, 4.69) is 16.7 Å². The largest absolute Gasteiger partial charge is 0.393 e. The quantitative estimate of drug-likeness (QED) is 0.749. The molecule has 3 nitrogen and oxygen atoms in total. The van der Waals surface area contributed by atoms with Gasteiger partial charge in [0, 0.05) is 26.2 Å². The highest BCUT2D eigenvalue weighted by Crippen LogP contribution is 2.19. The lowest BCUT2D eigenvalue weighted by atomic mass is 10.0. The van der Waals surface area contributed by atoms with Gasteiger partial charge >= 0.3 is 0 Å². The molecule has 88 valence electrons. The highest BCUT2D eigenvalue weighted by atomic mass is 16.3. The molecule has 0 aromatic rings. The summed E-state index contributed by atoms with van der Waals surface area (Å²) < 4.78 is 0. The van der Waals surface area contributed by atoms with E-state index in [1.165, 1.54) is 32.6 Å². The minimum Gasteiger partial charge on any atom is -0.393 e. The van der Waals surface area contributed by atoms with Gasteiger partial charge in [0.15, 0.2) is 0 Å². The molecule has 1 N–H and O–H groups in total. The molecule has 3 heteroatoms. The molecular weight excluding hydrogens is 188 g/mol. The van der Waals surface area contributed by atoms with Crippen LogP contribution in [-0.2, 0) is 0 Å². The van der Waals surface area contributed by atoms with Gasteiger partial charge in [0.2, 0.25) is 0 Å². The van der Waals surface area contributed by atoms with Crippen molar-refractivity contribution in [3.05, 3.63) is 0 Å². The molecule has 2 rings (SSSR count). The number of piperidine rings is 1. The molecule has 0 aliphatic carbocycles. The minimum atomic E-state index is -0.0306. The molecular formula is C12H24N2O. The number of hydrogen-bond donors (Lipinski definition) is 1. The van der Waals surface area contributed by atoms with Crippen LogP contribution in [0.4, 0.5) is 0 Å². The molecule has 0 aromatic carbocycles. The fourth-order valence-corrected chi connectivity index (χ4v) is 2.82. The molecule has 1 atom stereocenters. The predicted molar refractivity (Wildman–Crippen MR) is 61.9 cm³/mol. The zero-order valence-electron chi connectivity index (χ0n) is 9.86. The summed E-state index contributed by atoms with van der Waals surface area (Å²) in [7, 11) is 0. The van der Waals surface area contributed by atoms with Gasteiger partial charge in [-0.3, -0.25) is 0 Å². The van der Waals surface area contributed by atoms with E-state index in [9.17, 15) is 5.11 Å². The maximum atomic E-state index is 9.43. The van der Waals surface area contributed by atoms with Crippen molar-refractivity contribution in [3.8, 4) is 0 Å². The standard InChI is InChI=1S/C12H24N2O/c1-2-13-6-3-11(9-13)10-14-7-4-12(15)5-8-14/h11-12,15H,2-10H2,1H3. The molecule has 2 heterocycles. The summed E-state index contributed by atoms with van der Waals surface area (Å²) in [5.74, 6) is 0.875. The highest BCUT2D eigenvalue weighted by Gasteiger charge is 2.25. The van der Waals surface area contributed by atoms with Crippen molar-refractivity contribution in [2.75, 3.05) is 39.3 Å². The third-order valence-corrected chi connectivity index (χ3v) is 3.89. The monoisotopic (exact) mass is 212 g/mol. The summed E-state index contributed by atoms with van der Waals surface area (Å²) in [6, 6.07) is 0. The van der Waals surface area contributed by atoms with Gasteiger partial charge in [-0.05, 0) is 38.3 Å². The number of nitrogens with zero attached hydrogens (tertiary/aromatic N) is 2. The van der Waals surface area contributed by atoms with Crippen LogP contribution in [0, 0.1) is 5.92 Å². The first kappa shape index (κ1) is 11.4. The third-order valence-electron chi connectivity index (χ3n) is 3.89. The molecule has 0 saturated carbocycles. The Morgan fingerprint density at radius 1 is 1.07 bits per heavy atom. The molecule has 2 saturated heterocycles. The second-order valence-corrected chi connectivity index (χ2v) is 5.08. The Morgan fingerprint density at radius 2 is 1.73 bits per heavy atom. The Hall–Kier alpha value is -0.120. The van der Waals surface area contributed by atoms with E-state index in [-0.39, 0.29) is 6.10 Å². The summed E-state index contributed by atoms with van der Waals surface area (Å²) >= 11 is 0. The van der Waals surface area contributed by atoms with E-state index >= 15 is 0 Å². The molecule has 1 unspecified atom stereocenters. The van der Waals surface area contributed by atoms with Crippen LogP contribution < -0.4 is 0 Å². The van der Waals surface area contributed by atoms with Crippen molar-refractivity contribution in [1.82, 2.24) is 9.80 Å². The lowest BCUT2D eigenvalue weighted by Crippen LogP contribution is -2.39. The first-order valence-electron chi connectivity index (χ1n) is 6.40. The molecule has 0 aromatic heterocycles. The third kappa shape index (κ3) is 3.16. The van der Waals surface area contributed by atoms with Crippen LogP contribution in [0.3, 0.4) is 0 Å². The minimum absolute atomic E-state index is 0.0306. The van der Waals surface area contributed by atoms with E-state index in [1.54, 1.807) is 0 Å². The predicted octanol–water partition coefficient (Wildman–Crippen LogP) is 0.785. The van der Waals surface area contributed by atoms with E-state index in [0.717, 1.165) is 31.8 Å². The summed E-state index contributed by atoms with van der Waals surface area (Å²) in [5.41, 5.74) is 0. The van der Waals surface area contributed by atoms with Crippen LogP contribution in [0.2, 0.25) is 0 Å². The van der Waals surface area contributed by atoms with Gasteiger partial charge in [-0.15, -0.1) is 0 Å². The number of aliphatic hydroxyl groups excluding tert-OH is 1. The molecule has 0 bridgehead atoms. The Kier molecular flexibility index (Phi) is 4.00. The number of likely N-dealkylation sites (tertiary alicyclic amines) is 2. The fourth-order valence-electron chi connectivity index (χ4n) is 2.82. The lowest BCUT2D eigenvalue weighted by Gasteiger charge is -2.31. The maximum Gasteiger partial charge on any atom is 0.0564 e. The first-order chi connectivity index (χ1) is 7.28. The highest BCUT2D eigenvalue weighted by molar-refractivity contribution is 4.80. The molecule has 2 fully saturated rings.